The molecule has 8 heteroatoms. The van der Waals surface area contributed by atoms with E-state index < -0.39 is 12.2 Å². The number of rotatable bonds is 14. The number of aryl methyl sites for hydroxylation is 3. The molecule has 0 amide bonds. The van der Waals surface area contributed by atoms with Gasteiger partial charge in [-0.3, -0.25) is 0 Å². The number of alkyl halides is 4. The van der Waals surface area contributed by atoms with Gasteiger partial charge in [0.2, 0.25) is 0 Å². The topological polar surface area (TPSA) is 44.8 Å². The number of benzene rings is 3. The Morgan fingerprint density at radius 2 is 1.35 bits per heavy atom. The first-order chi connectivity index (χ1) is 18.9. The first-order valence-corrected chi connectivity index (χ1v) is 13.1. The van der Waals surface area contributed by atoms with Crippen molar-refractivity contribution in [2.45, 2.75) is 65.1 Å². The lowest BCUT2D eigenvalue weighted by molar-refractivity contribution is -0.188. The second kappa shape index (κ2) is 13.5. The van der Waals surface area contributed by atoms with Gasteiger partial charge < -0.3 is 14.2 Å². The lowest BCUT2D eigenvalue weighted by Gasteiger charge is -2.22. The van der Waals surface area contributed by atoms with Crippen molar-refractivity contribution >= 4 is 5.97 Å². The minimum Gasteiger partial charge on any atom is -0.462 e. The summed E-state index contributed by atoms with van der Waals surface area (Å²) in [5, 5.41) is 0. The summed E-state index contributed by atoms with van der Waals surface area (Å²) in [6.45, 7) is 8.75. The fourth-order valence-corrected chi connectivity index (χ4v) is 3.89. The molecule has 0 saturated carbocycles. The van der Waals surface area contributed by atoms with Crippen LogP contribution >= 0.6 is 0 Å². The Labute approximate surface area is 232 Å². The fourth-order valence-electron chi connectivity index (χ4n) is 3.89. The second-order valence-electron chi connectivity index (χ2n) is 9.81. The molecule has 0 saturated heterocycles. The minimum absolute atomic E-state index is 0.144. The summed E-state index contributed by atoms with van der Waals surface area (Å²) in [7, 11) is 0. The SMILES string of the molecule is C=C(C)C(=O)OCCCCCCc1ccc(C(F)(F)Oc2ccc(OC(F)(F)c3ccc(C)cc3)cc2C)cc1. The molecule has 0 aliphatic rings. The van der Waals surface area contributed by atoms with Crippen LogP contribution in [0.4, 0.5) is 17.6 Å². The summed E-state index contributed by atoms with van der Waals surface area (Å²) >= 11 is 0. The van der Waals surface area contributed by atoms with Gasteiger partial charge in [-0.15, -0.1) is 0 Å². The first kappa shape index (κ1) is 30.7. The van der Waals surface area contributed by atoms with E-state index in [1.807, 2.05) is 0 Å². The zero-order chi connectivity index (χ0) is 29.3. The number of hydrogen-bond acceptors (Lipinski definition) is 4. The van der Waals surface area contributed by atoms with Crippen LogP contribution in [0.5, 0.6) is 11.5 Å². The van der Waals surface area contributed by atoms with Gasteiger partial charge in [0.05, 0.1) is 17.7 Å². The van der Waals surface area contributed by atoms with Crippen LogP contribution in [0, 0.1) is 13.8 Å². The van der Waals surface area contributed by atoms with Gasteiger partial charge in [0.1, 0.15) is 11.5 Å². The largest absolute Gasteiger partial charge is 0.462 e. The molecule has 0 aliphatic heterocycles. The fraction of sp³-hybridized carbons (Fsp3) is 0.344. The van der Waals surface area contributed by atoms with Crippen molar-refractivity contribution in [3.05, 3.63) is 107 Å². The van der Waals surface area contributed by atoms with Crippen molar-refractivity contribution in [2.24, 2.45) is 0 Å². The molecule has 3 aromatic rings. The summed E-state index contributed by atoms with van der Waals surface area (Å²) in [6, 6.07) is 15.2. The highest BCUT2D eigenvalue weighted by Crippen LogP contribution is 2.37. The Morgan fingerprint density at radius 3 is 1.95 bits per heavy atom. The van der Waals surface area contributed by atoms with Crippen LogP contribution < -0.4 is 9.47 Å². The quantitative estimate of drug-likeness (QED) is 0.0859. The number of halogens is 4. The van der Waals surface area contributed by atoms with Crippen LogP contribution in [0.2, 0.25) is 0 Å². The normalized spacial score (nSPS) is 11.7. The van der Waals surface area contributed by atoms with E-state index in [0.29, 0.717) is 12.2 Å². The zero-order valence-corrected chi connectivity index (χ0v) is 22.9. The van der Waals surface area contributed by atoms with E-state index >= 15 is 0 Å². The first-order valence-electron chi connectivity index (χ1n) is 13.1. The predicted octanol–water partition coefficient (Wildman–Crippen LogP) is 8.78. The molecule has 40 heavy (non-hydrogen) atoms. The number of hydrogen-bond donors (Lipinski definition) is 0. The Kier molecular flexibility index (Phi) is 10.4. The van der Waals surface area contributed by atoms with Crippen molar-refractivity contribution in [1.82, 2.24) is 0 Å². The number of carbonyl (C=O) groups excluding carboxylic acids is 1. The van der Waals surface area contributed by atoms with Crippen molar-refractivity contribution < 1.29 is 36.6 Å². The average molecular weight is 559 g/mol. The molecule has 0 bridgehead atoms. The summed E-state index contributed by atoms with van der Waals surface area (Å²) in [5.41, 5.74) is 1.72. The molecule has 0 fully saturated rings. The van der Waals surface area contributed by atoms with Gasteiger partial charge >= 0.3 is 18.2 Å². The van der Waals surface area contributed by atoms with Crippen LogP contribution in [0.25, 0.3) is 0 Å². The monoisotopic (exact) mass is 558 g/mol. The van der Waals surface area contributed by atoms with Gasteiger partial charge in [0.15, 0.2) is 0 Å². The summed E-state index contributed by atoms with van der Waals surface area (Å²) in [4.78, 5) is 11.3. The van der Waals surface area contributed by atoms with Crippen LogP contribution in [-0.2, 0) is 28.2 Å². The molecule has 3 rings (SSSR count). The maximum Gasteiger partial charge on any atom is 0.426 e. The molecule has 3 aromatic carbocycles. The van der Waals surface area contributed by atoms with Gasteiger partial charge in [-0.05, 0) is 93.6 Å². The van der Waals surface area contributed by atoms with Gasteiger partial charge in [-0.1, -0.05) is 49.2 Å². The molecular weight excluding hydrogens is 524 g/mol. The summed E-state index contributed by atoms with van der Waals surface area (Å²) in [5.74, 6) is -0.703. The van der Waals surface area contributed by atoms with Gasteiger partial charge in [-0.25, -0.2) is 4.79 Å². The summed E-state index contributed by atoms with van der Waals surface area (Å²) in [6.07, 6.45) is -3.05. The highest BCUT2D eigenvalue weighted by Gasteiger charge is 2.36. The molecular formula is C32H34F4O4. The van der Waals surface area contributed by atoms with Crippen LogP contribution in [-0.4, -0.2) is 12.6 Å². The van der Waals surface area contributed by atoms with Gasteiger partial charge in [0, 0.05) is 5.57 Å². The minimum atomic E-state index is -3.63. The predicted molar refractivity (Wildman–Crippen MR) is 146 cm³/mol. The number of esters is 1. The van der Waals surface area contributed by atoms with E-state index in [9.17, 15) is 22.4 Å². The molecule has 0 aromatic heterocycles. The van der Waals surface area contributed by atoms with E-state index in [2.05, 4.69) is 6.58 Å². The molecule has 0 heterocycles. The molecule has 0 N–H and O–H groups in total. The van der Waals surface area contributed by atoms with Crippen molar-refractivity contribution in [1.29, 1.82) is 0 Å². The Bertz CT molecular complexity index is 1290. The number of ether oxygens (including phenoxy) is 3. The molecule has 0 spiro atoms. The van der Waals surface area contributed by atoms with Gasteiger partial charge in [-0.2, -0.15) is 17.6 Å². The molecule has 0 aliphatic carbocycles. The third-order valence-corrected chi connectivity index (χ3v) is 6.25. The van der Waals surface area contributed by atoms with E-state index in [4.69, 9.17) is 14.2 Å². The summed E-state index contributed by atoms with van der Waals surface area (Å²) < 4.78 is 73.8. The molecule has 0 atom stereocenters. The molecule has 0 radical (unpaired) electrons. The highest BCUT2D eigenvalue weighted by molar-refractivity contribution is 5.86. The van der Waals surface area contributed by atoms with E-state index in [0.717, 1.165) is 43.2 Å². The Morgan fingerprint density at radius 1 is 0.775 bits per heavy atom. The third kappa shape index (κ3) is 8.86. The van der Waals surface area contributed by atoms with Crippen molar-refractivity contribution in [2.75, 3.05) is 6.61 Å². The Hall–Kier alpha value is -3.81. The standard InChI is InChI=1S/C32H34F4O4/c1-22(2)30(37)38-20-8-6-5-7-9-25-12-16-27(17-13-25)32(35,36)40-29-19-18-28(21-24(29)4)39-31(33,34)26-14-10-23(3)11-15-26/h10-19,21H,1,5-9,20H2,2-4H3. The van der Waals surface area contributed by atoms with Crippen molar-refractivity contribution in [3.8, 4) is 11.5 Å². The molecule has 214 valence electrons. The van der Waals surface area contributed by atoms with E-state index in [1.54, 1.807) is 38.1 Å². The average Bonchev–Trinajstić information content (AvgIpc) is 2.90. The maximum atomic E-state index is 14.9. The number of carbonyl (C=O) groups is 1. The second-order valence-corrected chi connectivity index (χ2v) is 9.81. The molecule has 4 nitrogen and oxygen atoms in total. The van der Waals surface area contributed by atoms with E-state index in [-0.39, 0.29) is 34.2 Å². The molecule has 0 unspecified atom stereocenters. The van der Waals surface area contributed by atoms with Crippen LogP contribution in [0.3, 0.4) is 0 Å². The lowest BCUT2D eigenvalue weighted by atomic mass is 10.0. The third-order valence-electron chi connectivity index (χ3n) is 6.25. The zero-order valence-electron chi connectivity index (χ0n) is 22.9. The van der Waals surface area contributed by atoms with Gasteiger partial charge in [0.25, 0.3) is 0 Å². The van der Waals surface area contributed by atoms with E-state index in [1.165, 1.54) is 49.4 Å². The van der Waals surface area contributed by atoms with Crippen LogP contribution in [0.1, 0.15) is 60.4 Å². The lowest BCUT2D eigenvalue weighted by Crippen LogP contribution is -2.23. The number of unbranched alkanes of at least 4 members (excludes halogenated alkanes) is 3. The Balaban J connectivity index is 1.51. The maximum absolute atomic E-state index is 14.9. The van der Waals surface area contributed by atoms with Crippen LogP contribution in [0.15, 0.2) is 78.9 Å². The van der Waals surface area contributed by atoms with Crippen molar-refractivity contribution in [3.63, 3.8) is 0 Å². The highest BCUT2D eigenvalue weighted by atomic mass is 19.3. The smallest absolute Gasteiger partial charge is 0.426 e.